The van der Waals surface area contributed by atoms with Gasteiger partial charge in [0.1, 0.15) is 0 Å². The van der Waals surface area contributed by atoms with Crippen molar-refractivity contribution < 1.29 is 0 Å². The summed E-state index contributed by atoms with van der Waals surface area (Å²) in [5.41, 5.74) is 4.30. The lowest BCUT2D eigenvalue weighted by molar-refractivity contribution is 0.779. The molecule has 0 radical (unpaired) electrons. The Morgan fingerprint density at radius 1 is 0.900 bits per heavy atom. The minimum atomic E-state index is 0.610. The van der Waals surface area contributed by atoms with Gasteiger partial charge in [-0.1, -0.05) is 61.5 Å². The monoisotopic (exact) mass is 258 g/mol. The molecule has 1 atom stereocenters. The van der Waals surface area contributed by atoms with E-state index in [9.17, 15) is 0 Å². The summed E-state index contributed by atoms with van der Waals surface area (Å²) >= 11 is 0. The Morgan fingerprint density at radius 2 is 1.65 bits per heavy atom. The van der Waals surface area contributed by atoms with Gasteiger partial charge in [0, 0.05) is 0 Å². The van der Waals surface area contributed by atoms with Crippen LogP contribution < -0.4 is 0 Å². The summed E-state index contributed by atoms with van der Waals surface area (Å²) in [6.07, 6.45) is 5.73. The first-order valence-corrected chi connectivity index (χ1v) is 7.37. The molecule has 3 aromatic rings. The van der Waals surface area contributed by atoms with Gasteiger partial charge in [0.2, 0.25) is 0 Å². The molecule has 0 amide bonds. The Balaban J connectivity index is 2.22. The summed E-state index contributed by atoms with van der Waals surface area (Å²) < 4.78 is 0. The molecule has 1 unspecified atom stereocenters. The van der Waals surface area contributed by atoms with E-state index >= 15 is 0 Å². The smallest absolute Gasteiger partial charge is 0.0102 e. The highest BCUT2D eigenvalue weighted by Crippen LogP contribution is 2.38. The molecule has 0 heterocycles. The Bertz CT molecular complexity index is 853. The van der Waals surface area contributed by atoms with Gasteiger partial charge in [-0.2, -0.15) is 0 Å². The molecule has 0 saturated carbocycles. The molecule has 1 aliphatic carbocycles. The largest absolute Gasteiger partial charge is 0.0833 e. The van der Waals surface area contributed by atoms with E-state index in [4.69, 9.17) is 0 Å². The Kier molecular flexibility index (Phi) is 2.47. The van der Waals surface area contributed by atoms with Crippen molar-refractivity contribution in [1.29, 1.82) is 0 Å². The van der Waals surface area contributed by atoms with Gasteiger partial charge in [-0.15, -0.1) is 0 Å². The first-order chi connectivity index (χ1) is 9.75. The maximum atomic E-state index is 2.38. The van der Waals surface area contributed by atoms with Gasteiger partial charge in [0.15, 0.2) is 0 Å². The maximum Gasteiger partial charge on any atom is -0.0102 e. The van der Waals surface area contributed by atoms with Crippen molar-refractivity contribution in [2.45, 2.75) is 26.2 Å². The summed E-state index contributed by atoms with van der Waals surface area (Å²) in [7, 11) is 0. The van der Waals surface area contributed by atoms with E-state index < -0.39 is 0 Å². The lowest BCUT2D eigenvalue weighted by Gasteiger charge is -2.21. The molecular weight excluding hydrogens is 240 g/mol. The van der Waals surface area contributed by atoms with Crippen molar-refractivity contribution >= 4 is 27.6 Å². The minimum absolute atomic E-state index is 0.610. The lowest BCUT2D eigenvalue weighted by Crippen LogP contribution is -2.01. The van der Waals surface area contributed by atoms with Crippen molar-refractivity contribution in [2.75, 3.05) is 0 Å². The van der Waals surface area contributed by atoms with E-state index in [0.29, 0.717) is 5.92 Å². The van der Waals surface area contributed by atoms with E-state index in [1.165, 1.54) is 38.2 Å². The molecule has 3 aromatic carbocycles. The van der Waals surface area contributed by atoms with Crippen molar-refractivity contribution in [3.8, 4) is 0 Å². The van der Waals surface area contributed by atoms with Gasteiger partial charge in [0.05, 0.1) is 0 Å². The molecule has 1 aliphatic rings. The SMILES string of the molecule is Cc1cc2c3c(ccc2c2ccccc12)C=CCC3C. The summed E-state index contributed by atoms with van der Waals surface area (Å²) in [6, 6.07) is 15.7. The standard InChI is InChI=1S/C20H18/c1-13-6-5-7-15-10-11-18-17-9-4-3-8-16(17)14(2)12-19(18)20(13)15/h3-5,7-13H,6H2,1-2H3. The van der Waals surface area contributed by atoms with Gasteiger partial charge < -0.3 is 0 Å². The van der Waals surface area contributed by atoms with Gasteiger partial charge in [-0.3, -0.25) is 0 Å². The Morgan fingerprint density at radius 3 is 2.50 bits per heavy atom. The second-order valence-electron chi connectivity index (χ2n) is 5.94. The van der Waals surface area contributed by atoms with Crippen LogP contribution in [0.3, 0.4) is 0 Å². The molecule has 0 nitrogen and oxygen atoms in total. The number of hydrogen-bond donors (Lipinski definition) is 0. The minimum Gasteiger partial charge on any atom is -0.0833 e. The van der Waals surface area contributed by atoms with Crippen LogP contribution in [0.25, 0.3) is 27.6 Å². The van der Waals surface area contributed by atoms with Gasteiger partial charge in [-0.25, -0.2) is 0 Å². The van der Waals surface area contributed by atoms with E-state index in [0.717, 1.165) is 6.42 Å². The first-order valence-electron chi connectivity index (χ1n) is 7.37. The van der Waals surface area contributed by atoms with Crippen molar-refractivity contribution in [1.82, 2.24) is 0 Å². The topological polar surface area (TPSA) is 0 Å². The molecule has 98 valence electrons. The van der Waals surface area contributed by atoms with Crippen LogP contribution in [0.2, 0.25) is 0 Å². The zero-order chi connectivity index (χ0) is 13.7. The summed E-state index contributed by atoms with van der Waals surface area (Å²) in [5, 5.41) is 5.59. The van der Waals surface area contributed by atoms with E-state index in [1.54, 1.807) is 0 Å². The van der Waals surface area contributed by atoms with Crippen molar-refractivity contribution in [2.24, 2.45) is 0 Å². The van der Waals surface area contributed by atoms with Crippen LogP contribution in [0.15, 0.2) is 48.5 Å². The lowest BCUT2D eigenvalue weighted by atomic mass is 9.83. The van der Waals surface area contributed by atoms with Gasteiger partial charge in [0.25, 0.3) is 0 Å². The highest BCUT2D eigenvalue weighted by atomic mass is 14.2. The van der Waals surface area contributed by atoms with Crippen LogP contribution in [0.1, 0.15) is 36.0 Å². The quantitative estimate of drug-likeness (QED) is 0.445. The van der Waals surface area contributed by atoms with Crippen molar-refractivity contribution in [3.05, 3.63) is 65.2 Å². The second kappa shape index (κ2) is 4.21. The highest BCUT2D eigenvalue weighted by molar-refractivity contribution is 6.10. The fourth-order valence-electron chi connectivity index (χ4n) is 3.61. The molecule has 0 N–H and O–H groups in total. The summed E-state index contributed by atoms with van der Waals surface area (Å²) in [6.45, 7) is 4.57. The van der Waals surface area contributed by atoms with E-state index in [1.807, 2.05) is 0 Å². The third kappa shape index (κ3) is 1.54. The van der Waals surface area contributed by atoms with Crippen LogP contribution in [-0.4, -0.2) is 0 Å². The Hall–Kier alpha value is -2.08. The van der Waals surface area contributed by atoms with E-state index in [2.05, 4.69) is 68.5 Å². The van der Waals surface area contributed by atoms with E-state index in [-0.39, 0.29) is 0 Å². The van der Waals surface area contributed by atoms with Crippen molar-refractivity contribution in [3.63, 3.8) is 0 Å². The molecule has 0 aromatic heterocycles. The van der Waals surface area contributed by atoms with Crippen LogP contribution in [-0.2, 0) is 0 Å². The Labute approximate surface area is 119 Å². The normalized spacial score (nSPS) is 17.6. The number of rotatable bonds is 0. The molecule has 0 fully saturated rings. The number of allylic oxidation sites excluding steroid dienone is 1. The maximum absolute atomic E-state index is 2.38. The average Bonchev–Trinajstić information content (AvgIpc) is 2.47. The predicted octanol–water partition coefficient (Wildman–Crippen LogP) is 5.82. The molecular formula is C20H18. The first kappa shape index (κ1) is 11.7. The molecule has 0 aliphatic heterocycles. The molecule has 0 saturated heterocycles. The van der Waals surface area contributed by atoms with Gasteiger partial charge >= 0.3 is 0 Å². The fourth-order valence-corrected chi connectivity index (χ4v) is 3.61. The highest BCUT2D eigenvalue weighted by Gasteiger charge is 2.17. The number of benzene rings is 3. The van der Waals surface area contributed by atoms with Crippen LogP contribution in [0.4, 0.5) is 0 Å². The second-order valence-corrected chi connectivity index (χ2v) is 5.94. The summed E-state index contributed by atoms with van der Waals surface area (Å²) in [5.74, 6) is 0.610. The molecule has 20 heavy (non-hydrogen) atoms. The molecule has 0 bridgehead atoms. The summed E-state index contributed by atoms with van der Waals surface area (Å²) in [4.78, 5) is 0. The molecule has 4 rings (SSSR count). The predicted molar refractivity (Wildman–Crippen MR) is 88.3 cm³/mol. The zero-order valence-corrected chi connectivity index (χ0v) is 12.0. The number of fused-ring (bicyclic) bond motifs is 5. The number of aryl methyl sites for hydroxylation is 1. The number of hydrogen-bond acceptors (Lipinski definition) is 0. The van der Waals surface area contributed by atoms with Gasteiger partial charge in [-0.05, 0) is 57.5 Å². The van der Waals surface area contributed by atoms with Crippen LogP contribution >= 0.6 is 0 Å². The fraction of sp³-hybridized carbons (Fsp3) is 0.200. The zero-order valence-electron chi connectivity index (χ0n) is 12.0. The van der Waals surface area contributed by atoms with Crippen LogP contribution in [0.5, 0.6) is 0 Å². The molecule has 0 heteroatoms. The average molecular weight is 258 g/mol. The van der Waals surface area contributed by atoms with Crippen LogP contribution in [0, 0.1) is 6.92 Å². The third-order valence-corrected chi connectivity index (χ3v) is 4.60. The third-order valence-electron chi connectivity index (χ3n) is 4.60. The molecule has 0 spiro atoms.